The normalized spacial score (nSPS) is 23.5. The largest absolute Gasteiger partial charge is 0.490 e. The van der Waals surface area contributed by atoms with E-state index in [9.17, 15) is 14.4 Å². The van der Waals surface area contributed by atoms with Crippen LogP contribution in [0.1, 0.15) is 66.8 Å². The highest BCUT2D eigenvalue weighted by Crippen LogP contribution is 2.40. The summed E-state index contributed by atoms with van der Waals surface area (Å²) >= 11 is 0. The summed E-state index contributed by atoms with van der Waals surface area (Å²) in [4.78, 5) is 35.6. The number of Topliss-reactive ketones (excluding diaryl/α,β-unsaturated/α-hetero) is 1. The number of carboxylic acid groups (broad SMARTS) is 1. The number of aliphatic carboxylic acids is 1. The van der Waals surface area contributed by atoms with E-state index < -0.39 is 5.97 Å². The van der Waals surface area contributed by atoms with Gasteiger partial charge in [-0.2, -0.15) is 0 Å². The highest BCUT2D eigenvalue weighted by molar-refractivity contribution is 5.96. The van der Waals surface area contributed by atoms with Crippen LogP contribution < -0.4 is 15.4 Å². The van der Waals surface area contributed by atoms with Crippen LogP contribution in [0.4, 0.5) is 4.79 Å². The second-order valence-electron chi connectivity index (χ2n) is 9.24. The van der Waals surface area contributed by atoms with Gasteiger partial charge in [-0.1, -0.05) is 30.3 Å². The maximum Gasteiger partial charge on any atom is 0.315 e. The third kappa shape index (κ3) is 6.59. The summed E-state index contributed by atoms with van der Waals surface area (Å²) in [5.74, 6) is 0.127. The molecule has 2 saturated carbocycles. The first-order valence-electron chi connectivity index (χ1n) is 12.1. The predicted octanol–water partition coefficient (Wildman–Crippen LogP) is 4.53. The summed E-state index contributed by atoms with van der Waals surface area (Å²) in [6, 6.07) is 17.3. The quantitative estimate of drug-likeness (QED) is 0.354. The zero-order valence-electron chi connectivity index (χ0n) is 19.2. The molecule has 2 unspecified atom stereocenters. The van der Waals surface area contributed by atoms with Gasteiger partial charge >= 0.3 is 12.0 Å². The average molecular weight is 465 g/mol. The number of urea groups is 1. The molecule has 7 heteroatoms. The molecule has 2 aliphatic rings. The van der Waals surface area contributed by atoms with E-state index in [4.69, 9.17) is 9.84 Å². The Balaban J connectivity index is 1.11. The Morgan fingerprint density at radius 2 is 1.65 bits per heavy atom. The van der Waals surface area contributed by atoms with E-state index in [0.717, 1.165) is 19.3 Å². The Bertz CT molecular complexity index is 984. The van der Waals surface area contributed by atoms with E-state index in [-0.39, 0.29) is 29.9 Å². The van der Waals surface area contributed by atoms with Crippen LogP contribution in [-0.4, -0.2) is 41.6 Å². The number of rotatable bonds is 10. The SMILES string of the molecule is O=C(NCCCC(=O)c1ccc(OC2CCC(C(=O)O)CC2)cc1)NC1CC1c1ccccc1. The van der Waals surface area contributed by atoms with Crippen molar-refractivity contribution in [2.45, 2.75) is 63.0 Å². The summed E-state index contributed by atoms with van der Waals surface area (Å²) in [6.45, 7) is 0.445. The molecule has 0 saturated heterocycles. The lowest BCUT2D eigenvalue weighted by atomic mass is 9.87. The van der Waals surface area contributed by atoms with Gasteiger partial charge in [-0.05, 0) is 68.4 Å². The molecule has 34 heavy (non-hydrogen) atoms. The predicted molar refractivity (Wildman–Crippen MR) is 128 cm³/mol. The Labute approximate surface area is 199 Å². The molecule has 0 heterocycles. The number of ether oxygens (including phenoxy) is 1. The molecule has 2 aromatic rings. The lowest BCUT2D eigenvalue weighted by molar-refractivity contribution is -0.143. The molecule has 2 atom stereocenters. The molecule has 0 spiro atoms. The summed E-state index contributed by atoms with van der Waals surface area (Å²) in [5.41, 5.74) is 1.87. The van der Waals surface area contributed by atoms with Crippen molar-refractivity contribution in [3.63, 3.8) is 0 Å². The Kier molecular flexibility index (Phi) is 7.83. The van der Waals surface area contributed by atoms with Crippen molar-refractivity contribution < 1.29 is 24.2 Å². The van der Waals surface area contributed by atoms with Crippen molar-refractivity contribution in [2.24, 2.45) is 5.92 Å². The zero-order chi connectivity index (χ0) is 23.9. The van der Waals surface area contributed by atoms with Crippen LogP contribution in [0.3, 0.4) is 0 Å². The van der Waals surface area contributed by atoms with Gasteiger partial charge in [0.15, 0.2) is 5.78 Å². The first kappa shape index (κ1) is 23.8. The van der Waals surface area contributed by atoms with Crippen LogP contribution >= 0.6 is 0 Å². The molecule has 0 radical (unpaired) electrons. The number of carboxylic acids is 1. The van der Waals surface area contributed by atoms with Gasteiger partial charge in [0.1, 0.15) is 5.75 Å². The summed E-state index contributed by atoms with van der Waals surface area (Å²) in [6.07, 6.45) is 4.64. The van der Waals surface area contributed by atoms with Gasteiger partial charge in [0, 0.05) is 30.5 Å². The number of carbonyl (C=O) groups is 3. The number of carbonyl (C=O) groups excluding carboxylic acids is 2. The topological polar surface area (TPSA) is 105 Å². The molecule has 7 nitrogen and oxygen atoms in total. The summed E-state index contributed by atoms with van der Waals surface area (Å²) in [5, 5.41) is 14.9. The van der Waals surface area contributed by atoms with Crippen molar-refractivity contribution >= 4 is 17.8 Å². The van der Waals surface area contributed by atoms with Crippen molar-refractivity contribution in [3.05, 3.63) is 65.7 Å². The maximum absolute atomic E-state index is 12.5. The van der Waals surface area contributed by atoms with Crippen molar-refractivity contribution in [2.75, 3.05) is 6.54 Å². The van der Waals surface area contributed by atoms with Crippen LogP contribution in [0.15, 0.2) is 54.6 Å². The van der Waals surface area contributed by atoms with E-state index in [1.54, 1.807) is 24.3 Å². The van der Waals surface area contributed by atoms with Crippen molar-refractivity contribution in [3.8, 4) is 5.75 Å². The molecule has 180 valence electrons. The third-order valence-electron chi connectivity index (χ3n) is 6.70. The highest BCUT2D eigenvalue weighted by atomic mass is 16.5. The molecule has 0 aromatic heterocycles. The molecule has 3 N–H and O–H groups in total. The highest BCUT2D eigenvalue weighted by Gasteiger charge is 2.39. The lowest BCUT2D eigenvalue weighted by Gasteiger charge is -2.26. The standard InChI is InChI=1S/C27H32N2O5/c30-25(7-4-16-28-27(33)29-24-17-23(24)18-5-2-1-3-6-18)19-8-12-21(13-9-19)34-22-14-10-20(11-15-22)26(31)32/h1-3,5-6,8-9,12-13,20,22-24H,4,7,10-11,14-17H2,(H,31,32)(H2,28,29,33). The second kappa shape index (κ2) is 11.2. The minimum Gasteiger partial charge on any atom is -0.490 e. The smallest absolute Gasteiger partial charge is 0.315 e. The average Bonchev–Trinajstić information content (AvgIpc) is 3.62. The lowest BCUT2D eigenvalue weighted by Crippen LogP contribution is -2.37. The summed E-state index contributed by atoms with van der Waals surface area (Å²) < 4.78 is 5.96. The van der Waals surface area contributed by atoms with Crippen LogP contribution in [0, 0.1) is 5.92 Å². The van der Waals surface area contributed by atoms with Gasteiger partial charge < -0.3 is 20.5 Å². The van der Waals surface area contributed by atoms with Crippen LogP contribution in [0.5, 0.6) is 5.75 Å². The van der Waals surface area contributed by atoms with E-state index in [2.05, 4.69) is 22.8 Å². The van der Waals surface area contributed by atoms with Crippen LogP contribution in [0.25, 0.3) is 0 Å². The Hall–Kier alpha value is -3.35. The number of hydrogen-bond acceptors (Lipinski definition) is 4. The van der Waals surface area contributed by atoms with E-state index >= 15 is 0 Å². The maximum atomic E-state index is 12.5. The first-order valence-corrected chi connectivity index (χ1v) is 12.1. The minimum absolute atomic E-state index is 0.0213. The molecule has 4 rings (SSSR count). The number of benzene rings is 2. The fourth-order valence-corrected chi connectivity index (χ4v) is 4.58. The number of amides is 2. The fraction of sp³-hybridized carbons (Fsp3) is 0.444. The molecule has 0 bridgehead atoms. The van der Waals surface area contributed by atoms with Crippen LogP contribution in [0.2, 0.25) is 0 Å². The van der Waals surface area contributed by atoms with Gasteiger partial charge in [0.05, 0.1) is 12.0 Å². The number of nitrogens with one attached hydrogen (secondary N) is 2. The van der Waals surface area contributed by atoms with Gasteiger partial charge in [-0.3, -0.25) is 9.59 Å². The fourth-order valence-electron chi connectivity index (χ4n) is 4.58. The molecule has 2 aliphatic carbocycles. The minimum atomic E-state index is -0.725. The monoisotopic (exact) mass is 464 g/mol. The van der Waals surface area contributed by atoms with Gasteiger partial charge in [0.25, 0.3) is 0 Å². The van der Waals surface area contributed by atoms with Crippen molar-refractivity contribution in [1.29, 1.82) is 0 Å². The van der Waals surface area contributed by atoms with E-state index in [0.29, 0.717) is 49.5 Å². The Morgan fingerprint density at radius 3 is 2.32 bits per heavy atom. The van der Waals surface area contributed by atoms with E-state index in [1.807, 2.05) is 18.2 Å². The van der Waals surface area contributed by atoms with E-state index in [1.165, 1.54) is 5.56 Å². The Morgan fingerprint density at radius 1 is 0.941 bits per heavy atom. The van der Waals surface area contributed by atoms with Crippen LogP contribution in [-0.2, 0) is 4.79 Å². The van der Waals surface area contributed by atoms with Gasteiger partial charge in [-0.25, -0.2) is 4.79 Å². The zero-order valence-corrected chi connectivity index (χ0v) is 19.2. The molecular weight excluding hydrogens is 432 g/mol. The molecule has 0 aliphatic heterocycles. The second-order valence-corrected chi connectivity index (χ2v) is 9.24. The van der Waals surface area contributed by atoms with Gasteiger partial charge in [0.2, 0.25) is 0 Å². The summed E-state index contributed by atoms with van der Waals surface area (Å²) in [7, 11) is 0. The molecule has 2 fully saturated rings. The third-order valence-corrected chi connectivity index (χ3v) is 6.70. The first-order chi connectivity index (χ1) is 16.5. The molecule has 2 amide bonds. The number of ketones is 1. The number of hydrogen-bond donors (Lipinski definition) is 3. The molecule has 2 aromatic carbocycles. The van der Waals surface area contributed by atoms with Crippen molar-refractivity contribution in [1.82, 2.24) is 10.6 Å². The molecular formula is C27H32N2O5. The van der Waals surface area contributed by atoms with Gasteiger partial charge in [-0.15, -0.1) is 0 Å².